The molecule has 0 aliphatic heterocycles. The Balaban J connectivity index is 3.85. The summed E-state index contributed by atoms with van der Waals surface area (Å²) in [6, 6.07) is 0. The summed E-state index contributed by atoms with van der Waals surface area (Å²) in [5.41, 5.74) is 0.764. The van der Waals surface area contributed by atoms with Crippen molar-refractivity contribution in [3.8, 4) is 0 Å². The molecule has 0 bridgehead atoms. The van der Waals surface area contributed by atoms with E-state index in [0.717, 1.165) is 5.57 Å². The molecule has 0 saturated heterocycles. The van der Waals surface area contributed by atoms with Gasteiger partial charge < -0.3 is 4.74 Å². The van der Waals surface area contributed by atoms with Crippen LogP contribution in [0.25, 0.3) is 0 Å². The van der Waals surface area contributed by atoms with E-state index in [-0.39, 0.29) is 14.4 Å². The Hall–Kier alpha value is -0.690. The van der Waals surface area contributed by atoms with Crippen molar-refractivity contribution in [1.29, 1.82) is 0 Å². The summed E-state index contributed by atoms with van der Waals surface area (Å²) in [5.74, 6) is -0.367. The molecular weight excluding hydrogens is 163 g/mol. The second-order valence-corrected chi connectivity index (χ2v) is 2.60. The zero-order valence-electron chi connectivity index (χ0n) is 6.66. The van der Waals surface area contributed by atoms with Crippen LogP contribution < -0.4 is 0 Å². The number of allylic oxidation sites excluding steroid dienone is 1. The predicted molar refractivity (Wildman–Crippen MR) is 42.9 cm³/mol. The number of rotatable bonds is 4. The molecule has 0 rings (SSSR count). The van der Waals surface area contributed by atoms with Gasteiger partial charge in [0, 0.05) is 12.2 Å². The maximum atomic E-state index is 10.7. The first-order valence-corrected chi connectivity index (χ1v) is 4.33. The lowest BCUT2D eigenvalue weighted by Crippen LogP contribution is -2.00. The second kappa shape index (κ2) is 6.05. The van der Waals surface area contributed by atoms with Crippen LogP contribution in [0.2, 0.25) is 0 Å². The number of esters is 1. The van der Waals surface area contributed by atoms with Crippen LogP contribution in [-0.4, -0.2) is 18.7 Å². The van der Waals surface area contributed by atoms with Gasteiger partial charge in [-0.3, -0.25) is 4.57 Å². The lowest BCUT2D eigenvalue weighted by molar-refractivity contribution is -0.137. The van der Waals surface area contributed by atoms with Crippen LogP contribution >= 0.6 is 8.46 Å². The molecular formula is C7H11O3P. The van der Waals surface area contributed by atoms with E-state index in [9.17, 15) is 9.36 Å². The molecule has 0 N–H and O–H groups in total. The minimum Gasteiger partial charge on any atom is -0.463 e. The summed E-state index contributed by atoms with van der Waals surface area (Å²) in [5, 5.41) is 0. The molecule has 0 spiro atoms. The zero-order chi connectivity index (χ0) is 8.69. The van der Waals surface area contributed by atoms with Crippen LogP contribution in [0, 0.1) is 0 Å². The summed E-state index contributed by atoms with van der Waals surface area (Å²) in [4.78, 5) is 10.7. The Labute approximate surface area is 67.6 Å². The van der Waals surface area contributed by atoms with Crippen molar-refractivity contribution in [2.75, 3.05) is 12.8 Å². The molecule has 0 radical (unpaired) electrons. The summed E-state index contributed by atoms with van der Waals surface area (Å²) in [6.45, 7) is 3.85. The van der Waals surface area contributed by atoms with Gasteiger partial charge >= 0.3 is 5.97 Å². The number of carbonyl (C=O) groups is 1. The molecule has 0 aromatic carbocycles. The van der Waals surface area contributed by atoms with Crippen LogP contribution in [-0.2, 0) is 14.1 Å². The van der Waals surface area contributed by atoms with Gasteiger partial charge in [-0.1, -0.05) is 5.57 Å². The highest BCUT2D eigenvalue weighted by molar-refractivity contribution is 7.24. The molecule has 0 aliphatic carbocycles. The Kier molecular flexibility index (Phi) is 5.67. The average molecular weight is 174 g/mol. The topological polar surface area (TPSA) is 43.4 Å². The molecule has 0 aliphatic rings. The number of carbonyl (C=O) groups excluding carboxylic acids is 1. The monoisotopic (exact) mass is 174 g/mol. The lowest BCUT2D eigenvalue weighted by atomic mass is 10.3. The smallest absolute Gasteiger partial charge is 0.330 e. The SMILES string of the molecule is CCOC(=O)C=C(C)CP=O. The van der Waals surface area contributed by atoms with Crippen LogP contribution in [0.5, 0.6) is 0 Å². The summed E-state index contributed by atoms with van der Waals surface area (Å²) in [7, 11) is 0.0287. The van der Waals surface area contributed by atoms with E-state index in [0.29, 0.717) is 12.8 Å². The molecule has 0 unspecified atom stereocenters. The Morgan fingerprint density at radius 1 is 1.64 bits per heavy atom. The summed E-state index contributed by atoms with van der Waals surface area (Å²) in [6.07, 6.45) is 1.74. The molecule has 4 heteroatoms. The van der Waals surface area contributed by atoms with E-state index >= 15 is 0 Å². The van der Waals surface area contributed by atoms with Crippen LogP contribution in [0.1, 0.15) is 13.8 Å². The third-order valence-corrected chi connectivity index (χ3v) is 1.59. The highest BCUT2D eigenvalue weighted by atomic mass is 31.1. The molecule has 0 fully saturated rings. The quantitative estimate of drug-likeness (QED) is 0.370. The highest BCUT2D eigenvalue weighted by Crippen LogP contribution is 2.02. The minimum absolute atomic E-state index is 0.0287. The molecule has 62 valence electrons. The lowest BCUT2D eigenvalue weighted by Gasteiger charge is -1.95. The van der Waals surface area contributed by atoms with E-state index in [1.807, 2.05) is 0 Å². The molecule has 11 heavy (non-hydrogen) atoms. The van der Waals surface area contributed by atoms with Crippen LogP contribution in [0.3, 0.4) is 0 Å². The van der Waals surface area contributed by atoms with Gasteiger partial charge in [-0.05, 0) is 13.8 Å². The molecule has 3 nitrogen and oxygen atoms in total. The van der Waals surface area contributed by atoms with Gasteiger partial charge in [-0.2, -0.15) is 0 Å². The Morgan fingerprint density at radius 2 is 2.27 bits per heavy atom. The van der Waals surface area contributed by atoms with E-state index in [1.54, 1.807) is 13.8 Å². The first kappa shape index (κ1) is 10.3. The van der Waals surface area contributed by atoms with E-state index in [1.165, 1.54) is 6.08 Å². The van der Waals surface area contributed by atoms with Crippen molar-refractivity contribution in [2.45, 2.75) is 13.8 Å². The van der Waals surface area contributed by atoms with Crippen LogP contribution in [0.4, 0.5) is 0 Å². The van der Waals surface area contributed by atoms with Crippen molar-refractivity contribution < 1.29 is 14.1 Å². The fraction of sp³-hybridized carbons (Fsp3) is 0.571. The zero-order valence-corrected chi connectivity index (χ0v) is 7.56. The third-order valence-electron chi connectivity index (χ3n) is 0.965. The van der Waals surface area contributed by atoms with Gasteiger partial charge in [0.1, 0.15) is 0 Å². The standard InChI is InChI=1S/C7H11O3P/c1-3-10-7(8)4-6(2)5-11-9/h4H,3,5H2,1-2H3. The van der Waals surface area contributed by atoms with Gasteiger partial charge in [0.25, 0.3) is 0 Å². The van der Waals surface area contributed by atoms with Gasteiger partial charge in [0.05, 0.1) is 6.61 Å². The molecule has 0 aromatic rings. The van der Waals surface area contributed by atoms with Gasteiger partial charge in [0.15, 0.2) is 8.46 Å². The molecule has 0 heterocycles. The largest absolute Gasteiger partial charge is 0.463 e. The van der Waals surface area contributed by atoms with Gasteiger partial charge in [-0.15, -0.1) is 0 Å². The molecule has 0 atom stereocenters. The van der Waals surface area contributed by atoms with Crippen LogP contribution in [0.15, 0.2) is 11.6 Å². The third kappa shape index (κ3) is 5.74. The van der Waals surface area contributed by atoms with E-state index < -0.39 is 0 Å². The number of hydrogen-bond acceptors (Lipinski definition) is 3. The minimum atomic E-state index is -0.367. The molecule has 0 amide bonds. The maximum Gasteiger partial charge on any atom is 0.330 e. The van der Waals surface area contributed by atoms with Crippen molar-refractivity contribution in [3.05, 3.63) is 11.6 Å². The highest BCUT2D eigenvalue weighted by Gasteiger charge is 1.96. The Bertz CT molecular complexity index is 175. The normalized spacial score (nSPS) is 11.6. The van der Waals surface area contributed by atoms with Gasteiger partial charge in [-0.25, -0.2) is 4.79 Å². The summed E-state index contributed by atoms with van der Waals surface area (Å²) < 4.78 is 14.7. The van der Waals surface area contributed by atoms with Crippen molar-refractivity contribution in [1.82, 2.24) is 0 Å². The maximum absolute atomic E-state index is 10.7. The molecule has 0 saturated carbocycles. The van der Waals surface area contributed by atoms with Crippen molar-refractivity contribution in [3.63, 3.8) is 0 Å². The van der Waals surface area contributed by atoms with Gasteiger partial charge in [0.2, 0.25) is 0 Å². The fourth-order valence-corrected chi connectivity index (χ4v) is 0.827. The fourth-order valence-electron chi connectivity index (χ4n) is 0.533. The van der Waals surface area contributed by atoms with Crippen molar-refractivity contribution >= 4 is 14.4 Å². The van der Waals surface area contributed by atoms with E-state index in [4.69, 9.17) is 0 Å². The molecule has 0 aromatic heterocycles. The second-order valence-electron chi connectivity index (χ2n) is 2.03. The Morgan fingerprint density at radius 3 is 2.73 bits per heavy atom. The number of hydrogen-bond donors (Lipinski definition) is 0. The predicted octanol–water partition coefficient (Wildman–Crippen LogP) is 1.79. The van der Waals surface area contributed by atoms with Crippen molar-refractivity contribution in [2.24, 2.45) is 0 Å². The average Bonchev–Trinajstić information content (AvgIpc) is 1.87. The first-order chi connectivity index (χ1) is 5.20. The number of ether oxygens (including phenoxy) is 1. The van der Waals surface area contributed by atoms with E-state index in [2.05, 4.69) is 4.74 Å². The first-order valence-electron chi connectivity index (χ1n) is 3.33. The summed E-state index contributed by atoms with van der Waals surface area (Å²) >= 11 is 0.